The highest BCUT2D eigenvalue weighted by Gasteiger charge is 2.10. The average Bonchev–Trinajstić information content (AvgIpc) is 3.18. The summed E-state index contributed by atoms with van der Waals surface area (Å²) in [5, 5.41) is 6.59. The molecular formula is C20H29FIN5O2. The first-order valence-electron chi connectivity index (χ1n) is 9.77. The minimum absolute atomic E-state index is 0. The molecule has 160 valence electrons. The van der Waals surface area contributed by atoms with E-state index < -0.39 is 0 Å². The molecule has 7 nitrogen and oxygen atoms in total. The summed E-state index contributed by atoms with van der Waals surface area (Å²) in [5.74, 6) is 1.03. The number of rotatable bonds is 8. The normalized spacial score (nSPS) is 15.0. The zero-order valence-corrected chi connectivity index (χ0v) is 19.0. The number of ether oxygens (including phenoxy) is 1. The van der Waals surface area contributed by atoms with Crippen molar-refractivity contribution >= 4 is 29.9 Å². The maximum atomic E-state index is 13.0. The zero-order valence-electron chi connectivity index (χ0n) is 16.7. The number of hydrogen-bond acceptors (Lipinski definition) is 5. The molecule has 0 radical (unpaired) electrons. The van der Waals surface area contributed by atoms with Gasteiger partial charge in [-0.15, -0.1) is 24.0 Å². The fourth-order valence-electron chi connectivity index (χ4n) is 2.93. The number of oxazole rings is 1. The summed E-state index contributed by atoms with van der Waals surface area (Å²) in [6.07, 6.45) is 2.35. The smallest absolute Gasteiger partial charge is 0.226 e. The van der Waals surface area contributed by atoms with Crippen molar-refractivity contribution in [2.24, 2.45) is 4.99 Å². The van der Waals surface area contributed by atoms with Gasteiger partial charge in [0.2, 0.25) is 5.89 Å². The van der Waals surface area contributed by atoms with E-state index in [0.717, 1.165) is 63.2 Å². The van der Waals surface area contributed by atoms with E-state index in [2.05, 4.69) is 25.5 Å². The number of benzene rings is 1. The standard InChI is InChI=1S/C20H28FN5O2.HI/c1-2-22-20(24-9-10-26-11-13-27-14-12-26)23-8-7-18-15-28-19(25-18)16-3-5-17(21)6-4-16;/h3-6,15H,2,7-14H2,1H3,(H2,22,23,24);1H. The second-order valence-electron chi connectivity index (χ2n) is 6.54. The molecule has 2 aromatic rings. The van der Waals surface area contributed by atoms with E-state index >= 15 is 0 Å². The number of nitrogens with zero attached hydrogens (tertiary/aromatic N) is 3. The summed E-state index contributed by atoms with van der Waals surface area (Å²) >= 11 is 0. The van der Waals surface area contributed by atoms with E-state index in [1.165, 1.54) is 12.1 Å². The van der Waals surface area contributed by atoms with Crippen molar-refractivity contribution in [3.8, 4) is 11.5 Å². The third-order valence-corrected chi connectivity index (χ3v) is 4.45. The highest BCUT2D eigenvalue weighted by atomic mass is 127. The monoisotopic (exact) mass is 517 g/mol. The first-order valence-corrected chi connectivity index (χ1v) is 9.77. The summed E-state index contributed by atoms with van der Waals surface area (Å²) in [7, 11) is 0. The first-order chi connectivity index (χ1) is 13.7. The molecule has 0 bridgehead atoms. The Morgan fingerprint density at radius 2 is 1.97 bits per heavy atom. The van der Waals surface area contributed by atoms with Crippen LogP contribution in [0.15, 0.2) is 39.9 Å². The predicted octanol–water partition coefficient (Wildman–Crippen LogP) is 2.53. The lowest BCUT2D eigenvalue weighted by atomic mass is 10.2. The predicted molar refractivity (Wildman–Crippen MR) is 122 cm³/mol. The highest BCUT2D eigenvalue weighted by Crippen LogP contribution is 2.18. The van der Waals surface area contributed by atoms with Crippen molar-refractivity contribution in [2.45, 2.75) is 13.3 Å². The Hall–Kier alpha value is -1.72. The fourth-order valence-corrected chi connectivity index (χ4v) is 2.93. The molecule has 2 heterocycles. The van der Waals surface area contributed by atoms with E-state index in [9.17, 15) is 4.39 Å². The maximum absolute atomic E-state index is 13.0. The third kappa shape index (κ3) is 7.90. The molecule has 0 amide bonds. The van der Waals surface area contributed by atoms with Gasteiger partial charge in [0.1, 0.15) is 12.1 Å². The van der Waals surface area contributed by atoms with E-state index in [4.69, 9.17) is 9.15 Å². The van der Waals surface area contributed by atoms with Gasteiger partial charge in [0.15, 0.2) is 5.96 Å². The Labute approximate surface area is 188 Å². The Bertz CT molecular complexity index is 748. The average molecular weight is 517 g/mol. The molecule has 1 fully saturated rings. The van der Waals surface area contributed by atoms with Crippen molar-refractivity contribution in [3.63, 3.8) is 0 Å². The van der Waals surface area contributed by atoms with Gasteiger partial charge in [-0.2, -0.15) is 0 Å². The van der Waals surface area contributed by atoms with Crippen molar-refractivity contribution < 1.29 is 13.5 Å². The second kappa shape index (κ2) is 12.8. The van der Waals surface area contributed by atoms with E-state index in [1.54, 1.807) is 18.4 Å². The lowest BCUT2D eigenvalue weighted by Crippen LogP contribution is -2.40. The van der Waals surface area contributed by atoms with Crippen LogP contribution in [0.1, 0.15) is 12.6 Å². The number of morpholine rings is 1. The summed E-state index contributed by atoms with van der Waals surface area (Å²) in [6, 6.07) is 6.12. The topological polar surface area (TPSA) is 74.9 Å². The molecular weight excluding hydrogens is 488 g/mol. The van der Waals surface area contributed by atoms with Crippen LogP contribution in [-0.4, -0.2) is 68.3 Å². The van der Waals surface area contributed by atoms with Gasteiger partial charge in [-0.3, -0.25) is 9.89 Å². The molecule has 0 aliphatic carbocycles. The number of aliphatic imine (C=N–C) groups is 1. The van der Waals surface area contributed by atoms with Crippen LogP contribution in [0.25, 0.3) is 11.5 Å². The molecule has 0 atom stereocenters. The van der Waals surface area contributed by atoms with Crippen LogP contribution in [0.5, 0.6) is 0 Å². The summed E-state index contributed by atoms with van der Waals surface area (Å²) in [4.78, 5) is 11.5. The van der Waals surface area contributed by atoms with Crippen molar-refractivity contribution in [1.29, 1.82) is 0 Å². The number of guanidine groups is 1. The minimum atomic E-state index is -0.274. The lowest BCUT2D eigenvalue weighted by Gasteiger charge is -2.25. The van der Waals surface area contributed by atoms with Crippen LogP contribution < -0.4 is 10.6 Å². The van der Waals surface area contributed by atoms with Gasteiger partial charge in [-0.1, -0.05) is 0 Å². The lowest BCUT2D eigenvalue weighted by molar-refractivity contribution is 0.0394. The van der Waals surface area contributed by atoms with Crippen LogP contribution in [0.4, 0.5) is 4.39 Å². The minimum Gasteiger partial charge on any atom is -0.444 e. The van der Waals surface area contributed by atoms with Crippen LogP contribution in [0.2, 0.25) is 0 Å². The second-order valence-corrected chi connectivity index (χ2v) is 6.54. The summed E-state index contributed by atoms with van der Waals surface area (Å²) < 4.78 is 23.9. The van der Waals surface area contributed by atoms with Crippen LogP contribution in [0, 0.1) is 5.82 Å². The molecule has 2 N–H and O–H groups in total. The third-order valence-electron chi connectivity index (χ3n) is 4.45. The van der Waals surface area contributed by atoms with Crippen molar-refractivity contribution in [3.05, 3.63) is 42.0 Å². The van der Waals surface area contributed by atoms with Gasteiger partial charge in [0.25, 0.3) is 0 Å². The van der Waals surface area contributed by atoms with Gasteiger partial charge >= 0.3 is 0 Å². The molecule has 1 aliphatic rings. The van der Waals surface area contributed by atoms with Crippen LogP contribution >= 0.6 is 24.0 Å². The summed E-state index contributed by atoms with van der Waals surface area (Å²) in [6.45, 7) is 8.79. The Morgan fingerprint density at radius 1 is 1.21 bits per heavy atom. The molecule has 0 saturated carbocycles. The molecule has 1 aromatic carbocycles. The van der Waals surface area contributed by atoms with E-state index in [0.29, 0.717) is 18.9 Å². The number of halogens is 2. The Balaban J connectivity index is 0.00000300. The van der Waals surface area contributed by atoms with Crippen molar-refractivity contribution in [2.75, 3.05) is 52.5 Å². The summed E-state index contributed by atoms with van der Waals surface area (Å²) in [5.41, 5.74) is 1.61. The molecule has 3 rings (SSSR count). The number of nitrogens with one attached hydrogen (secondary N) is 2. The maximum Gasteiger partial charge on any atom is 0.226 e. The van der Waals surface area contributed by atoms with Gasteiger partial charge < -0.3 is 19.8 Å². The van der Waals surface area contributed by atoms with Gasteiger partial charge in [-0.05, 0) is 31.2 Å². The molecule has 9 heteroatoms. The van der Waals surface area contributed by atoms with E-state index in [1.807, 2.05) is 6.92 Å². The quantitative estimate of drug-likeness (QED) is 0.319. The highest BCUT2D eigenvalue weighted by molar-refractivity contribution is 14.0. The number of aromatic nitrogens is 1. The van der Waals surface area contributed by atoms with Crippen molar-refractivity contribution in [1.82, 2.24) is 20.5 Å². The molecule has 1 aromatic heterocycles. The largest absolute Gasteiger partial charge is 0.444 e. The Morgan fingerprint density at radius 3 is 2.69 bits per heavy atom. The SMILES string of the molecule is CCNC(=NCCN1CCOCC1)NCCc1coc(-c2ccc(F)cc2)n1.I. The van der Waals surface area contributed by atoms with Crippen LogP contribution in [0.3, 0.4) is 0 Å². The van der Waals surface area contributed by atoms with Gasteiger partial charge in [0, 0.05) is 44.7 Å². The van der Waals surface area contributed by atoms with E-state index in [-0.39, 0.29) is 29.8 Å². The Kier molecular flexibility index (Phi) is 10.4. The molecule has 1 aliphatic heterocycles. The molecule has 0 unspecified atom stereocenters. The number of hydrogen-bond donors (Lipinski definition) is 2. The van der Waals surface area contributed by atoms with Gasteiger partial charge in [0.05, 0.1) is 25.5 Å². The molecule has 1 saturated heterocycles. The first kappa shape index (κ1) is 23.6. The zero-order chi connectivity index (χ0) is 19.6. The van der Waals surface area contributed by atoms with Gasteiger partial charge in [-0.25, -0.2) is 9.37 Å². The fraction of sp³-hybridized carbons (Fsp3) is 0.500. The van der Waals surface area contributed by atoms with Crippen LogP contribution in [-0.2, 0) is 11.2 Å². The molecule has 0 spiro atoms. The molecule has 29 heavy (non-hydrogen) atoms.